The van der Waals surface area contributed by atoms with Gasteiger partial charge in [0.2, 0.25) is 0 Å². The van der Waals surface area contributed by atoms with Crippen molar-refractivity contribution < 1.29 is 14.5 Å². The van der Waals surface area contributed by atoms with Crippen LogP contribution in [0.15, 0.2) is 54.6 Å². The molecule has 0 unspecified atom stereocenters. The minimum Gasteiger partial charge on any atom is -0.465 e. The number of nitrogens with one attached hydrogen (secondary N) is 1. The number of allylic oxidation sites excluding steroid dienone is 2. The predicted molar refractivity (Wildman–Crippen MR) is 97.2 cm³/mol. The van der Waals surface area contributed by atoms with E-state index >= 15 is 0 Å². The summed E-state index contributed by atoms with van der Waals surface area (Å²) >= 11 is 0. The largest absolute Gasteiger partial charge is 0.465 e. The highest BCUT2D eigenvalue weighted by Gasteiger charge is 2.40. The Morgan fingerprint density at radius 3 is 2.69 bits per heavy atom. The molecular weight excluding hydrogens is 332 g/mol. The molecule has 0 saturated heterocycles. The number of para-hydroxylation sites is 1. The Balaban J connectivity index is 1.75. The topological polar surface area (TPSA) is 81.5 Å². The second-order valence-corrected chi connectivity index (χ2v) is 6.59. The van der Waals surface area contributed by atoms with E-state index in [1.54, 1.807) is 18.2 Å². The predicted octanol–water partition coefficient (Wildman–Crippen LogP) is 4.21. The molecule has 0 aromatic heterocycles. The lowest BCUT2D eigenvalue weighted by Gasteiger charge is -2.37. The van der Waals surface area contributed by atoms with Crippen molar-refractivity contribution in [1.29, 1.82) is 0 Å². The van der Waals surface area contributed by atoms with E-state index in [1.807, 2.05) is 18.2 Å². The van der Waals surface area contributed by atoms with Gasteiger partial charge in [-0.15, -0.1) is 0 Å². The van der Waals surface area contributed by atoms with E-state index in [9.17, 15) is 14.9 Å². The Labute approximate surface area is 150 Å². The molecule has 0 fully saturated rings. The number of carbonyl (C=O) groups excluding carboxylic acids is 1. The van der Waals surface area contributed by atoms with Crippen LogP contribution in [0.4, 0.5) is 11.4 Å². The van der Waals surface area contributed by atoms with Crippen molar-refractivity contribution in [2.75, 3.05) is 12.4 Å². The quantitative estimate of drug-likeness (QED) is 0.388. The van der Waals surface area contributed by atoms with Crippen LogP contribution in [0.2, 0.25) is 0 Å². The minimum atomic E-state index is -0.380. The van der Waals surface area contributed by atoms with Gasteiger partial charge in [0.1, 0.15) is 5.69 Å². The molecule has 0 radical (unpaired) electrons. The van der Waals surface area contributed by atoms with Crippen LogP contribution in [0, 0.1) is 16.0 Å². The van der Waals surface area contributed by atoms with Gasteiger partial charge in [0.15, 0.2) is 0 Å². The van der Waals surface area contributed by atoms with Gasteiger partial charge < -0.3 is 10.1 Å². The number of ether oxygens (including phenoxy) is 1. The number of carbonyl (C=O) groups is 1. The summed E-state index contributed by atoms with van der Waals surface area (Å²) in [5.74, 6) is 0.0551. The Morgan fingerprint density at radius 2 is 2.00 bits per heavy atom. The molecule has 6 nitrogen and oxygen atoms in total. The fourth-order valence-electron chi connectivity index (χ4n) is 4.03. The Hall–Kier alpha value is -3.15. The fraction of sp³-hybridized carbons (Fsp3) is 0.250. The van der Waals surface area contributed by atoms with E-state index in [4.69, 9.17) is 4.74 Å². The lowest BCUT2D eigenvalue weighted by molar-refractivity contribution is -0.384. The zero-order valence-electron chi connectivity index (χ0n) is 14.2. The van der Waals surface area contributed by atoms with Crippen molar-refractivity contribution in [3.8, 4) is 0 Å². The van der Waals surface area contributed by atoms with Crippen molar-refractivity contribution in [2.45, 2.75) is 18.4 Å². The highest BCUT2D eigenvalue weighted by molar-refractivity contribution is 5.89. The number of fused-ring (bicyclic) bond motifs is 3. The van der Waals surface area contributed by atoms with Crippen LogP contribution in [0.25, 0.3) is 0 Å². The summed E-state index contributed by atoms with van der Waals surface area (Å²) in [4.78, 5) is 22.8. The lowest BCUT2D eigenvalue weighted by Crippen LogP contribution is -2.29. The molecular formula is C20H18N2O4. The first kappa shape index (κ1) is 16.3. The number of esters is 1. The molecule has 1 N–H and O–H groups in total. The molecule has 1 heterocycles. The van der Waals surface area contributed by atoms with E-state index < -0.39 is 0 Å². The number of hydrogen-bond acceptors (Lipinski definition) is 5. The summed E-state index contributed by atoms with van der Waals surface area (Å²) in [6.07, 6.45) is 5.19. The standard InChI is InChI=1S/C20H18N2O4/c1-26-20(23)13-10-8-12(9-11-13)18-15-5-2-4-14(15)16-6-3-7-17(22(24)25)19(16)21-18/h2-4,6-11,14-15,18,21H,5H2,1H3/t14-,15-,18+/m1/s1. The van der Waals surface area contributed by atoms with Crippen molar-refractivity contribution in [3.63, 3.8) is 0 Å². The lowest BCUT2D eigenvalue weighted by atomic mass is 9.76. The molecule has 4 rings (SSSR count). The van der Waals surface area contributed by atoms with Crippen LogP contribution < -0.4 is 5.32 Å². The van der Waals surface area contributed by atoms with Crippen molar-refractivity contribution in [3.05, 3.63) is 81.4 Å². The van der Waals surface area contributed by atoms with Gasteiger partial charge in [0.25, 0.3) is 5.69 Å². The van der Waals surface area contributed by atoms with Crippen molar-refractivity contribution >= 4 is 17.3 Å². The summed E-state index contributed by atoms with van der Waals surface area (Å²) in [6, 6.07) is 12.4. The molecule has 132 valence electrons. The van der Waals surface area contributed by atoms with Crippen molar-refractivity contribution in [1.82, 2.24) is 0 Å². The second kappa shape index (κ2) is 6.29. The first-order chi connectivity index (χ1) is 12.6. The van der Waals surface area contributed by atoms with Gasteiger partial charge in [-0.25, -0.2) is 4.79 Å². The fourth-order valence-corrected chi connectivity index (χ4v) is 4.03. The molecule has 2 aromatic rings. The van der Waals surface area contributed by atoms with E-state index in [0.717, 1.165) is 17.5 Å². The average Bonchev–Trinajstić information content (AvgIpc) is 3.16. The van der Waals surface area contributed by atoms with Gasteiger partial charge in [0.05, 0.1) is 23.6 Å². The Morgan fingerprint density at radius 1 is 1.23 bits per heavy atom. The van der Waals surface area contributed by atoms with E-state index in [-0.39, 0.29) is 34.5 Å². The van der Waals surface area contributed by atoms with Gasteiger partial charge in [-0.05, 0) is 35.6 Å². The molecule has 2 aromatic carbocycles. The van der Waals surface area contributed by atoms with E-state index in [1.165, 1.54) is 13.2 Å². The average molecular weight is 350 g/mol. The number of nitro benzene ring substituents is 1. The first-order valence-corrected chi connectivity index (χ1v) is 8.49. The number of benzene rings is 2. The normalized spacial score (nSPS) is 22.9. The first-order valence-electron chi connectivity index (χ1n) is 8.49. The van der Waals surface area contributed by atoms with Crippen LogP contribution in [-0.2, 0) is 4.74 Å². The zero-order chi connectivity index (χ0) is 18.3. The van der Waals surface area contributed by atoms with E-state index in [2.05, 4.69) is 17.5 Å². The van der Waals surface area contributed by atoms with Crippen LogP contribution in [0.3, 0.4) is 0 Å². The molecule has 1 aliphatic carbocycles. The minimum absolute atomic E-state index is 0.0599. The molecule has 26 heavy (non-hydrogen) atoms. The van der Waals surface area contributed by atoms with Gasteiger partial charge in [-0.3, -0.25) is 10.1 Å². The van der Waals surface area contributed by atoms with Gasteiger partial charge >= 0.3 is 5.97 Å². The number of rotatable bonds is 3. The maximum absolute atomic E-state index is 11.6. The third-order valence-corrected chi connectivity index (χ3v) is 5.26. The van der Waals surface area contributed by atoms with E-state index in [0.29, 0.717) is 11.3 Å². The zero-order valence-corrected chi connectivity index (χ0v) is 14.2. The molecule has 0 spiro atoms. The summed E-state index contributed by atoms with van der Waals surface area (Å²) in [5.41, 5.74) is 3.14. The van der Waals surface area contributed by atoms with Crippen LogP contribution in [0.1, 0.15) is 39.9 Å². The van der Waals surface area contributed by atoms with Gasteiger partial charge in [-0.2, -0.15) is 0 Å². The second-order valence-electron chi connectivity index (χ2n) is 6.59. The highest BCUT2D eigenvalue weighted by atomic mass is 16.6. The van der Waals surface area contributed by atoms with Crippen LogP contribution >= 0.6 is 0 Å². The maximum Gasteiger partial charge on any atom is 0.337 e. The smallest absolute Gasteiger partial charge is 0.337 e. The van der Waals surface area contributed by atoms with Gasteiger partial charge in [0, 0.05) is 12.0 Å². The van der Waals surface area contributed by atoms with Crippen molar-refractivity contribution in [2.24, 2.45) is 5.92 Å². The summed E-state index contributed by atoms with van der Waals surface area (Å²) in [5, 5.41) is 14.9. The molecule has 1 aliphatic heterocycles. The van der Waals surface area contributed by atoms with Crippen LogP contribution in [-0.4, -0.2) is 18.0 Å². The number of nitrogens with zero attached hydrogens (tertiary/aromatic N) is 1. The molecule has 0 amide bonds. The number of nitro groups is 1. The molecule has 2 aliphatic rings. The number of hydrogen-bond donors (Lipinski definition) is 1. The highest BCUT2D eigenvalue weighted by Crippen LogP contribution is 2.51. The van der Waals surface area contributed by atoms with Crippen LogP contribution in [0.5, 0.6) is 0 Å². The molecule has 0 saturated carbocycles. The summed E-state index contributed by atoms with van der Waals surface area (Å²) in [7, 11) is 1.35. The molecule has 6 heteroatoms. The third kappa shape index (κ3) is 2.54. The summed E-state index contributed by atoms with van der Waals surface area (Å²) < 4.78 is 4.74. The maximum atomic E-state index is 11.6. The summed E-state index contributed by atoms with van der Waals surface area (Å²) in [6.45, 7) is 0. The third-order valence-electron chi connectivity index (χ3n) is 5.26. The molecule has 3 atom stereocenters. The molecule has 0 bridgehead atoms. The number of methoxy groups -OCH3 is 1. The monoisotopic (exact) mass is 350 g/mol. The Kier molecular flexibility index (Phi) is 3.95. The SMILES string of the molecule is COC(=O)c1ccc([C@@H]2Nc3c(cccc3[N+](=O)[O-])[C@@H]3C=CC[C@H]32)cc1. The number of anilines is 1. The van der Waals surface area contributed by atoms with Gasteiger partial charge in [-0.1, -0.05) is 36.4 Å². The Bertz CT molecular complexity index is 905.